The summed E-state index contributed by atoms with van der Waals surface area (Å²) in [5.41, 5.74) is 0.549. The summed E-state index contributed by atoms with van der Waals surface area (Å²) in [7, 11) is 0. The number of benzene rings is 2. The second-order valence-corrected chi connectivity index (χ2v) is 4.62. The highest BCUT2D eigenvalue weighted by Gasteiger charge is 2.06. The predicted octanol–water partition coefficient (Wildman–Crippen LogP) is 3.37. The van der Waals surface area contributed by atoms with E-state index >= 15 is 0 Å². The molecule has 0 aliphatic rings. The molecular weight excluding hydrogens is 232 g/mol. The third kappa shape index (κ3) is 3.36. The Labute approximate surface area is 104 Å². The topological polar surface area (TPSA) is 37.3 Å². The molecule has 2 aromatic carbocycles. The lowest BCUT2D eigenvalue weighted by Gasteiger charge is -2.02. The van der Waals surface area contributed by atoms with Gasteiger partial charge in [-0.05, 0) is 24.3 Å². The van der Waals surface area contributed by atoms with Gasteiger partial charge in [-0.2, -0.15) is 0 Å². The minimum atomic E-state index is 0.0229. The number of thioether (sulfide) groups is 1. The van der Waals surface area contributed by atoms with E-state index in [1.165, 1.54) is 17.8 Å². The van der Waals surface area contributed by atoms with E-state index in [9.17, 15) is 9.90 Å². The van der Waals surface area contributed by atoms with E-state index in [0.717, 1.165) is 4.90 Å². The molecule has 0 aromatic heterocycles. The van der Waals surface area contributed by atoms with E-state index in [4.69, 9.17) is 0 Å². The molecule has 2 rings (SSSR count). The molecule has 0 saturated heterocycles. The van der Waals surface area contributed by atoms with Gasteiger partial charge < -0.3 is 5.11 Å². The average molecular weight is 244 g/mol. The van der Waals surface area contributed by atoms with Crippen LogP contribution in [-0.2, 0) is 0 Å². The second-order valence-electron chi connectivity index (χ2n) is 3.58. The van der Waals surface area contributed by atoms with Crippen molar-refractivity contribution in [2.45, 2.75) is 4.90 Å². The molecule has 86 valence electrons. The van der Waals surface area contributed by atoms with Gasteiger partial charge in [0.25, 0.3) is 0 Å². The van der Waals surface area contributed by atoms with E-state index in [-0.39, 0.29) is 11.5 Å². The van der Waals surface area contributed by atoms with Crippen LogP contribution in [0.2, 0.25) is 0 Å². The fourth-order valence-corrected chi connectivity index (χ4v) is 2.24. The van der Waals surface area contributed by atoms with Crippen molar-refractivity contribution < 1.29 is 9.90 Å². The molecule has 0 atom stereocenters. The molecule has 17 heavy (non-hydrogen) atoms. The maximum absolute atomic E-state index is 11.8. The molecule has 0 heterocycles. The van der Waals surface area contributed by atoms with Crippen molar-refractivity contribution in [1.29, 1.82) is 0 Å². The molecule has 0 spiro atoms. The third-order valence-corrected chi connectivity index (χ3v) is 3.29. The lowest BCUT2D eigenvalue weighted by molar-refractivity contribution is 0.102. The minimum Gasteiger partial charge on any atom is -0.508 e. The monoisotopic (exact) mass is 244 g/mol. The normalized spacial score (nSPS) is 10.1. The smallest absolute Gasteiger partial charge is 0.173 e. The molecule has 0 fully saturated rings. The van der Waals surface area contributed by atoms with Crippen LogP contribution in [0.15, 0.2) is 59.5 Å². The van der Waals surface area contributed by atoms with Gasteiger partial charge in [0.2, 0.25) is 0 Å². The zero-order valence-corrected chi connectivity index (χ0v) is 9.98. The molecule has 0 bridgehead atoms. The van der Waals surface area contributed by atoms with Crippen LogP contribution < -0.4 is 0 Å². The number of phenols is 1. The summed E-state index contributed by atoms with van der Waals surface area (Å²) in [4.78, 5) is 12.9. The van der Waals surface area contributed by atoms with E-state index in [0.29, 0.717) is 11.3 Å². The summed E-state index contributed by atoms with van der Waals surface area (Å²) >= 11 is 1.50. The van der Waals surface area contributed by atoms with Gasteiger partial charge >= 0.3 is 0 Å². The molecule has 0 saturated carbocycles. The molecule has 0 aliphatic carbocycles. The summed E-state index contributed by atoms with van der Waals surface area (Å²) in [5.74, 6) is 0.531. The van der Waals surface area contributed by atoms with Crippen LogP contribution >= 0.6 is 11.8 Å². The number of phenolic OH excluding ortho intramolecular Hbond substituents is 1. The van der Waals surface area contributed by atoms with Crippen LogP contribution in [-0.4, -0.2) is 16.6 Å². The van der Waals surface area contributed by atoms with Crippen molar-refractivity contribution in [1.82, 2.24) is 0 Å². The van der Waals surface area contributed by atoms with Crippen molar-refractivity contribution in [3.8, 4) is 5.75 Å². The summed E-state index contributed by atoms with van der Waals surface area (Å²) in [6.07, 6.45) is 0. The zero-order valence-electron chi connectivity index (χ0n) is 9.17. The summed E-state index contributed by atoms with van der Waals surface area (Å²) < 4.78 is 0. The molecule has 0 radical (unpaired) electrons. The van der Waals surface area contributed by atoms with Gasteiger partial charge in [0.1, 0.15) is 5.75 Å². The molecule has 0 unspecified atom stereocenters. The van der Waals surface area contributed by atoms with Gasteiger partial charge in [-0.1, -0.05) is 30.3 Å². The number of carbonyl (C=O) groups excluding carboxylic acids is 1. The molecule has 0 aliphatic heterocycles. The first kappa shape index (κ1) is 11.7. The summed E-state index contributed by atoms with van der Waals surface area (Å²) in [5, 5.41) is 9.29. The molecule has 2 aromatic rings. The van der Waals surface area contributed by atoms with Crippen molar-refractivity contribution in [3.05, 3.63) is 60.2 Å². The third-order valence-electron chi connectivity index (χ3n) is 2.28. The van der Waals surface area contributed by atoms with E-state index in [2.05, 4.69) is 0 Å². The number of ketones is 1. The molecule has 0 amide bonds. The fraction of sp³-hybridized carbons (Fsp3) is 0.0714. The number of hydrogen-bond acceptors (Lipinski definition) is 3. The number of rotatable bonds is 4. The van der Waals surface area contributed by atoms with Gasteiger partial charge in [0.15, 0.2) is 5.78 Å². The van der Waals surface area contributed by atoms with Crippen LogP contribution in [0.1, 0.15) is 10.4 Å². The van der Waals surface area contributed by atoms with Crippen molar-refractivity contribution in [2.75, 3.05) is 5.75 Å². The number of hydrogen-bond donors (Lipinski definition) is 1. The SMILES string of the molecule is O=C(CSc1ccccc1)c1cccc(O)c1. The van der Waals surface area contributed by atoms with Crippen LogP contribution in [0.25, 0.3) is 0 Å². The highest BCUT2D eigenvalue weighted by Crippen LogP contribution is 2.19. The first-order valence-corrected chi connectivity index (χ1v) is 6.24. The number of Topliss-reactive ketones (excluding diaryl/α,β-unsaturated/α-hetero) is 1. The maximum atomic E-state index is 11.8. The highest BCUT2D eigenvalue weighted by atomic mass is 32.2. The fourth-order valence-electron chi connectivity index (χ4n) is 1.43. The molecular formula is C14H12O2S. The second kappa shape index (κ2) is 5.55. The summed E-state index contributed by atoms with van der Waals surface area (Å²) in [6, 6.07) is 16.2. The minimum absolute atomic E-state index is 0.0229. The quantitative estimate of drug-likeness (QED) is 0.662. The van der Waals surface area contributed by atoms with Crippen molar-refractivity contribution in [3.63, 3.8) is 0 Å². The Kier molecular flexibility index (Phi) is 3.83. The Hall–Kier alpha value is -1.74. The Morgan fingerprint density at radius 2 is 1.82 bits per heavy atom. The van der Waals surface area contributed by atoms with E-state index in [1.807, 2.05) is 30.3 Å². The van der Waals surface area contributed by atoms with Crippen LogP contribution in [0.4, 0.5) is 0 Å². The van der Waals surface area contributed by atoms with Crippen molar-refractivity contribution in [2.24, 2.45) is 0 Å². The Bertz CT molecular complexity index is 509. The average Bonchev–Trinajstić information content (AvgIpc) is 2.37. The van der Waals surface area contributed by atoms with Crippen LogP contribution in [0.3, 0.4) is 0 Å². The van der Waals surface area contributed by atoms with Gasteiger partial charge in [0, 0.05) is 10.5 Å². The Morgan fingerprint density at radius 3 is 2.53 bits per heavy atom. The lowest BCUT2D eigenvalue weighted by Crippen LogP contribution is -2.01. The van der Waals surface area contributed by atoms with Gasteiger partial charge in [-0.15, -0.1) is 11.8 Å². The standard InChI is InChI=1S/C14H12O2S/c15-12-6-4-5-11(9-12)14(16)10-17-13-7-2-1-3-8-13/h1-9,15H,10H2. The van der Waals surface area contributed by atoms with Gasteiger partial charge in [-0.3, -0.25) is 4.79 Å². The molecule has 1 N–H and O–H groups in total. The molecule has 2 nitrogen and oxygen atoms in total. The predicted molar refractivity (Wildman–Crippen MR) is 69.6 cm³/mol. The Morgan fingerprint density at radius 1 is 1.06 bits per heavy atom. The first-order valence-electron chi connectivity index (χ1n) is 5.26. The van der Waals surface area contributed by atoms with E-state index in [1.54, 1.807) is 18.2 Å². The lowest BCUT2D eigenvalue weighted by atomic mass is 10.1. The first-order chi connectivity index (χ1) is 8.25. The number of carbonyl (C=O) groups is 1. The largest absolute Gasteiger partial charge is 0.508 e. The van der Waals surface area contributed by atoms with Crippen LogP contribution in [0.5, 0.6) is 5.75 Å². The van der Waals surface area contributed by atoms with Crippen LogP contribution in [0, 0.1) is 0 Å². The molecule has 3 heteroatoms. The Balaban J connectivity index is 1.98. The highest BCUT2D eigenvalue weighted by molar-refractivity contribution is 8.00. The number of aromatic hydroxyl groups is 1. The van der Waals surface area contributed by atoms with Gasteiger partial charge in [-0.25, -0.2) is 0 Å². The van der Waals surface area contributed by atoms with Gasteiger partial charge in [0.05, 0.1) is 5.75 Å². The zero-order chi connectivity index (χ0) is 12.1. The van der Waals surface area contributed by atoms with E-state index < -0.39 is 0 Å². The summed E-state index contributed by atoms with van der Waals surface area (Å²) in [6.45, 7) is 0. The maximum Gasteiger partial charge on any atom is 0.173 e. The van der Waals surface area contributed by atoms with Crippen molar-refractivity contribution >= 4 is 17.5 Å².